The molecule has 4 rings (SSSR count). The second-order valence-electron chi connectivity index (χ2n) is 8.06. The van der Waals surface area contributed by atoms with E-state index in [0.717, 1.165) is 21.7 Å². The number of nitrogens with zero attached hydrogens (tertiary/aromatic N) is 2. The minimum atomic E-state index is -0.521. The van der Waals surface area contributed by atoms with Crippen LogP contribution in [0.25, 0.3) is 5.57 Å². The van der Waals surface area contributed by atoms with Gasteiger partial charge in [-0.2, -0.15) is 0 Å². The van der Waals surface area contributed by atoms with Crippen LogP contribution in [0.1, 0.15) is 16.7 Å². The maximum absolute atomic E-state index is 13.9. The molecule has 0 bridgehead atoms. The van der Waals surface area contributed by atoms with Crippen molar-refractivity contribution in [3.63, 3.8) is 0 Å². The molecule has 0 unspecified atom stereocenters. The summed E-state index contributed by atoms with van der Waals surface area (Å²) in [5.41, 5.74) is 4.92. The maximum Gasteiger partial charge on any atom is 0.282 e. The van der Waals surface area contributed by atoms with E-state index in [9.17, 15) is 14.0 Å². The summed E-state index contributed by atoms with van der Waals surface area (Å²) in [6.45, 7) is 3.87. The van der Waals surface area contributed by atoms with Gasteiger partial charge in [-0.3, -0.25) is 9.59 Å². The van der Waals surface area contributed by atoms with Crippen molar-refractivity contribution in [3.05, 3.63) is 94.9 Å². The Labute approximate surface area is 186 Å². The zero-order chi connectivity index (χ0) is 23.0. The molecule has 1 N–H and O–H groups in total. The molecule has 1 aliphatic rings. The Balaban J connectivity index is 1.82. The molecular formula is C26H24FN3O2. The molecule has 0 fully saturated rings. The number of hydrogen-bond donors (Lipinski definition) is 1. The number of amides is 2. The number of aryl methyl sites for hydroxylation is 2. The molecule has 162 valence electrons. The zero-order valence-corrected chi connectivity index (χ0v) is 18.4. The van der Waals surface area contributed by atoms with Crippen LogP contribution in [-0.2, 0) is 9.59 Å². The van der Waals surface area contributed by atoms with Crippen LogP contribution in [0.2, 0.25) is 0 Å². The van der Waals surface area contributed by atoms with Gasteiger partial charge >= 0.3 is 0 Å². The third kappa shape index (κ3) is 3.87. The number of halogens is 1. The summed E-state index contributed by atoms with van der Waals surface area (Å²) >= 11 is 0. The summed E-state index contributed by atoms with van der Waals surface area (Å²) in [6, 6.07) is 18.8. The molecule has 3 aromatic carbocycles. The number of benzene rings is 3. The van der Waals surface area contributed by atoms with Crippen LogP contribution < -0.4 is 15.1 Å². The Bertz CT molecular complexity index is 1250. The first kappa shape index (κ1) is 21.3. The molecule has 3 aromatic rings. The number of carbonyl (C=O) groups is 2. The van der Waals surface area contributed by atoms with Crippen LogP contribution in [0.4, 0.5) is 21.5 Å². The smallest absolute Gasteiger partial charge is 0.282 e. The molecule has 0 atom stereocenters. The van der Waals surface area contributed by atoms with Gasteiger partial charge < -0.3 is 10.2 Å². The molecular weight excluding hydrogens is 405 g/mol. The third-order valence-electron chi connectivity index (χ3n) is 5.45. The number of imide groups is 1. The fraction of sp³-hybridized carbons (Fsp3) is 0.154. The van der Waals surface area contributed by atoms with E-state index in [1.54, 1.807) is 6.07 Å². The zero-order valence-electron chi connectivity index (χ0n) is 18.4. The fourth-order valence-electron chi connectivity index (χ4n) is 3.83. The van der Waals surface area contributed by atoms with E-state index in [2.05, 4.69) is 5.32 Å². The van der Waals surface area contributed by atoms with Crippen molar-refractivity contribution in [2.24, 2.45) is 0 Å². The normalized spacial score (nSPS) is 13.7. The maximum atomic E-state index is 13.9. The monoisotopic (exact) mass is 429 g/mol. The first-order chi connectivity index (χ1) is 15.3. The third-order valence-corrected chi connectivity index (χ3v) is 5.45. The molecule has 5 nitrogen and oxygen atoms in total. The standard InChI is InChI=1S/C26H24FN3O2/c1-16-8-13-22(17(2)14-16)23-24(28-19-9-11-20(12-10-19)29(3)4)26(32)30(25(23)31)21-7-5-6-18(27)15-21/h5-15,28H,1-4H3. The van der Waals surface area contributed by atoms with Gasteiger partial charge in [0.2, 0.25) is 0 Å². The van der Waals surface area contributed by atoms with E-state index in [1.165, 1.54) is 18.2 Å². The molecule has 6 heteroatoms. The quantitative estimate of drug-likeness (QED) is 0.586. The van der Waals surface area contributed by atoms with Crippen LogP contribution in [-0.4, -0.2) is 25.9 Å². The summed E-state index contributed by atoms with van der Waals surface area (Å²) in [4.78, 5) is 29.9. The minimum absolute atomic E-state index is 0.170. The Morgan fingerprint density at radius 3 is 2.22 bits per heavy atom. The van der Waals surface area contributed by atoms with E-state index in [-0.39, 0.29) is 17.0 Å². The molecule has 32 heavy (non-hydrogen) atoms. The van der Waals surface area contributed by atoms with Gasteiger partial charge in [-0.15, -0.1) is 0 Å². The van der Waals surface area contributed by atoms with Gasteiger partial charge in [0.1, 0.15) is 11.5 Å². The molecule has 1 aliphatic heterocycles. The van der Waals surface area contributed by atoms with E-state index < -0.39 is 17.6 Å². The number of hydrogen-bond acceptors (Lipinski definition) is 4. The van der Waals surface area contributed by atoms with Crippen LogP contribution in [0.5, 0.6) is 0 Å². The van der Waals surface area contributed by atoms with Gasteiger partial charge in [0.25, 0.3) is 11.8 Å². The Kier molecular flexibility index (Phi) is 5.53. The Hall–Kier alpha value is -3.93. The van der Waals surface area contributed by atoms with Crippen molar-refractivity contribution < 1.29 is 14.0 Å². The van der Waals surface area contributed by atoms with E-state index in [0.29, 0.717) is 11.3 Å². The lowest BCUT2D eigenvalue weighted by Crippen LogP contribution is -2.32. The average molecular weight is 429 g/mol. The van der Waals surface area contributed by atoms with Crippen LogP contribution in [0, 0.1) is 19.7 Å². The first-order valence-corrected chi connectivity index (χ1v) is 10.3. The van der Waals surface area contributed by atoms with E-state index >= 15 is 0 Å². The molecule has 0 aliphatic carbocycles. The van der Waals surface area contributed by atoms with E-state index in [4.69, 9.17) is 0 Å². The lowest BCUT2D eigenvalue weighted by atomic mass is 9.97. The molecule has 0 radical (unpaired) electrons. The van der Waals surface area contributed by atoms with Crippen molar-refractivity contribution >= 4 is 34.4 Å². The topological polar surface area (TPSA) is 52.7 Å². The van der Waals surface area contributed by atoms with Gasteiger partial charge in [0, 0.05) is 25.5 Å². The summed E-state index contributed by atoms with van der Waals surface area (Å²) in [7, 11) is 3.89. The van der Waals surface area contributed by atoms with Gasteiger partial charge in [-0.1, -0.05) is 29.8 Å². The number of rotatable bonds is 5. The molecule has 1 heterocycles. The number of nitrogens with one attached hydrogen (secondary N) is 1. The van der Waals surface area contributed by atoms with Gasteiger partial charge in [-0.25, -0.2) is 9.29 Å². The van der Waals surface area contributed by atoms with Crippen molar-refractivity contribution in [1.29, 1.82) is 0 Å². The first-order valence-electron chi connectivity index (χ1n) is 10.3. The predicted molar refractivity (Wildman–Crippen MR) is 126 cm³/mol. The molecule has 0 saturated heterocycles. The predicted octanol–water partition coefficient (Wildman–Crippen LogP) is 4.91. The minimum Gasteiger partial charge on any atom is -0.378 e. The largest absolute Gasteiger partial charge is 0.378 e. The van der Waals surface area contributed by atoms with Crippen LogP contribution >= 0.6 is 0 Å². The van der Waals surface area contributed by atoms with Gasteiger partial charge in [-0.05, 0) is 67.4 Å². The van der Waals surface area contributed by atoms with Gasteiger partial charge in [0.05, 0.1) is 11.3 Å². The Morgan fingerprint density at radius 1 is 0.875 bits per heavy atom. The van der Waals surface area contributed by atoms with Crippen molar-refractivity contribution in [3.8, 4) is 0 Å². The summed E-state index contributed by atoms with van der Waals surface area (Å²) in [5.74, 6) is -1.52. The second-order valence-corrected chi connectivity index (χ2v) is 8.06. The van der Waals surface area contributed by atoms with Crippen molar-refractivity contribution in [2.45, 2.75) is 13.8 Å². The highest BCUT2D eigenvalue weighted by atomic mass is 19.1. The molecule has 2 amide bonds. The average Bonchev–Trinajstić information content (AvgIpc) is 2.98. The lowest BCUT2D eigenvalue weighted by Gasteiger charge is -2.16. The molecule has 0 aromatic heterocycles. The van der Waals surface area contributed by atoms with Gasteiger partial charge in [0.15, 0.2) is 0 Å². The highest BCUT2D eigenvalue weighted by Gasteiger charge is 2.40. The van der Waals surface area contributed by atoms with Crippen LogP contribution in [0.15, 0.2) is 72.4 Å². The molecule has 0 saturated carbocycles. The summed E-state index contributed by atoms with van der Waals surface area (Å²) < 4.78 is 13.9. The highest BCUT2D eigenvalue weighted by molar-refractivity contribution is 6.46. The van der Waals surface area contributed by atoms with Crippen LogP contribution in [0.3, 0.4) is 0 Å². The van der Waals surface area contributed by atoms with E-state index in [1.807, 2.05) is 75.3 Å². The summed E-state index contributed by atoms with van der Waals surface area (Å²) in [5, 5.41) is 3.15. The summed E-state index contributed by atoms with van der Waals surface area (Å²) in [6.07, 6.45) is 0. The fourth-order valence-corrected chi connectivity index (χ4v) is 3.83. The molecule has 0 spiro atoms. The highest BCUT2D eigenvalue weighted by Crippen LogP contribution is 2.35. The Morgan fingerprint density at radius 2 is 1.59 bits per heavy atom. The second kappa shape index (κ2) is 8.30. The number of anilines is 3. The van der Waals surface area contributed by atoms with Crippen molar-refractivity contribution in [1.82, 2.24) is 0 Å². The lowest BCUT2D eigenvalue weighted by molar-refractivity contribution is -0.120. The SMILES string of the molecule is Cc1ccc(C2=C(Nc3ccc(N(C)C)cc3)C(=O)N(c3cccc(F)c3)C2=O)c(C)c1. The number of carbonyl (C=O) groups excluding carboxylic acids is 2. The van der Waals surface area contributed by atoms with Crippen molar-refractivity contribution in [2.75, 3.05) is 29.2 Å².